The fourth-order valence-corrected chi connectivity index (χ4v) is 3.95. The Balaban J connectivity index is 1.60. The molecule has 0 saturated heterocycles. The highest BCUT2D eigenvalue weighted by Gasteiger charge is 2.40. The summed E-state index contributed by atoms with van der Waals surface area (Å²) in [7, 11) is 0. The molecule has 0 radical (unpaired) electrons. The van der Waals surface area contributed by atoms with Crippen LogP contribution in [0.3, 0.4) is 0 Å². The molecule has 0 spiro atoms. The van der Waals surface area contributed by atoms with Gasteiger partial charge in [0.1, 0.15) is 17.9 Å². The number of anilines is 2. The molecule has 2 aromatic heterocycles. The van der Waals surface area contributed by atoms with Gasteiger partial charge in [-0.25, -0.2) is 19.2 Å². The highest BCUT2D eigenvalue weighted by atomic mass is 16.7. The van der Waals surface area contributed by atoms with Crippen LogP contribution in [0, 0.1) is 13.8 Å². The number of rotatable bonds is 9. The number of aromatic nitrogens is 3. The summed E-state index contributed by atoms with van der Waals surface area (Å²) in [6, 6.07) is 4.11. The van der Waals surface area contributed by atoms with Gasteiger partial charge >= 0.3 is 12.1 Å². The van der Waals surface area contributed by atoms with E-state index in [1.54, 1.807) is 19.1 Å². The largest absolute Gasteiger partial charge is 0.427 e. The van der Waals surface area contributed by atoms with Crippen LogP contribution >= 0.6 is 0 Å². The molecule has 1 aliphatic carbocycles. The number of fused-ring (bicyclic) bond motifs is 1. The van der Waals surface area contributed by atoms with Crippen molar-refractivity contribution in [3.05, 3.63) is 53.0 Å². The van der Waals surface area contributed by atoms with Crippen LogP contribution in [0.2, 0.25) is 0 Å². The van der Waals surface area contributed by atoms with E-state index in [1.807, 2.05) is 19.9 Å². The topological polar surface area (TPSA) is 170 Å². The Kier molecular flexibility index (Phi) is 8.10. The van der Waals surface area contributed by atoms with Crippen molar-refractivity contribution in [2.24, 2.45) is 5.73 Å². The number of amides is 3. The first-order valence-corrected chi connectivity index (χ1v) is 12.5. The summed E-state index contributed by atoms with van der Waals surface area (Å²) in [5.41, 5.74) is 8.78. The van der Waals surface area contributed by atoms with E-state index in [0.29, 0.717) is 47.5 Å². The quantitative estimate of drug-likeness (QED) is 0.272. The van der Waals surface area contributed by atoms with Crippen molar-refractivity contribution in [2.75, 3.05) is 18.7 Å². The standard InChI is InChI=1S/C26H31N7O6/c1-5-28-23(34)17-7-6-14(2)20(10-17)31-22-21-15(3)19(11-32(21)30-12-29-22)24(35)33(18-8-9-18)26(37)39-13-38-25(36)16(4)27/h6-7,10-12,16,18H,5,8-9,13,27H2,1-4H3,(H,28,34)(H,29,30,31). The van der Waals surface area contributed by atoms with Crippen molar-refractivity contribution in [3.63, 3.8) is 0 Å². The molecule has 1 atom stereocenters. The smallest absolute Gasteiger partial charge is 0.419 e. The molecule has 2 heterocycles. The summed E-state index contributed by atoms with van der Waals surface area (Å²) in [4.78, 5) is 55.6. The Morgan fingerprint density at radius 3 is 2.62 bits per heavy atom. The van der Waals surface area contributed by atoms with Gasteiger partial charge in [0.05, 0.1) is 5.56 Å². The zero-order valence-corrected chi connectivity index (χ0v) is 22.2. The van der Waals surface area contributed by atoms with Crippen LogP contribution < -0.4 is 16.4 Å². The molecule has 1 saturated carbocycles. The minimum Gasteiger partial charge on any atom is -0.427 e. The molecule has 206 valence electrons. The number of nitrogens with zero attached hydrogens (tertiary/aromatic N) is 4. The molecule has 4 rings (SSSR count). The van der Waals surface area contributed by atoms with E-state index in [4.69, 9.17) is 15.2 Å². The molecule has 1 unspecified atom stereocenters. The van der Waals surface area contributed by atoms with Gasteiger partial charge in [0.15, 0.2) is 5.82 Å². The van der Waals surface area contributed by atoms with Gasteiger partial charge < -0.3 is 25.8 Å². The zero-order valence-electron chi connectivity index (χ0n) is 22.2. The third kappa shape index (κ3) is 5.98. The number of benzene rings is 1. The van der Waals surface area contributed by atoms with Crippen molar-refractivity contribution in [2.45, 2.75) is 52.6 Å². The number of aryl methyl sites for hydroxylation is 2. The van der Waals surface area contributed by atoms with E-state index in [-0.39, 0.29) is 17.5 Å². The van der Waals surface area contributed by atoms with E-state index < -0.39 is 30.8 Å². The van der Waals surface area contributed by atoms with E-state index in [2.05, 4.69) is 20.7 Å². The highest BCUT2D eigenvalue weighted by Crippen LogP contribution is 2.32. The first-order valence-electron chi connectivity index (χ1n) is 12.5. The maximum Gasteiger partial charge on any atom is 0.419 e. The normalized spacial score (nSPS) is 13.5. The lowest BCUT2D eigenvalue weighted by Crippen LogP contribution is -2.40. The number of hydrogen-bond donors (Lipinski definition) is 3. The lowest BCUT2D eigenvalue weighted by atomic mass is 10.1. The van der Waals surface area contributed by atoms with Crippen LogP contribution in [0.25, 0.3) is 5.52 Å². The molecule has 0 bridgehead atoms. The van der Waals surface area contributed by atoms with Gasteiger partial charge in [-0.3, -0.25) is 14.4 Å². The van der Waals surface area contributed by atoms with Gasteiger partial charge in [-0.1, -0.05) is 6.07 Å². The summed E-state index contributed by atoms with van der Waals surface area (Å²) in [5.74, 6) is -1.07. The van der Waals surface area contributed by atoms with Crippen LogP contribution in [0.4, 0.5) is 16.3 Å². The molecular weight excluding hydrogens is 506 g/mol. The molecule has 39 heavy (non-hydrogen) atoms. The van der Waals surface area contributed by atoms with E-state index in [0.717, 1.165) is 10.5 Å². The van der Waals surface area contributed by atoms with Crippen molar-refractivity contribution in [1.29, 1.82) is 0 Å². The molecule has 3 amide bonds. The molecule has 13 heteroatoms. The van der Waals surface area contributed by atoms with Gasteiger partial charge in [0.25, 0.3) is 11.8 Å². The molecule has 3 aromatic rings. The molecule has 1 aromatic carbocycles. The summed E-state index contributed by atoms with van der Waals surface area (Å²) in [5, 5.41) is 10.3. The molecule has 13 nitrogen and oxygen atoms in total. The number of nitrogens with one attached hydrogen (secondary N) is 2. The van der Waals surface area contributed by atoms with Gasteiger partial charge in [0, 0.05) is 30.0 Å². The summed E-state index contributed by atoms with van der Waals surface area (Å²) in [6.07, 6.45) is 3.22. The first-order chi connectivity index (χ1) is 18.6. The maximum absolute atomic E-state index is 13.5. The lowest BCUT2D eigenvalue weighted by molar-refractivity contribution is -0.153. The van der Waals surface area contributed by atoms with Crippen LogP contribution in [-0.2, 0) is 14.3 Å². The van der Waals surface area contributed by atoms with Gasteiger partial charge in [-0.05, 0) is 63.8 Å². The molecular formula is C26H31N7O6. The summed E-state index contributed by atoms with van der Waals surface area (Å²) in [6.45, 7) is 6.77. The highest BCUT2D eigenvalue weighted by molar-refractivity contribution is 6.06. The Morgan fingerprint density at radius 1 is 1.21 bits per heavy atom. The van der Waals surface area contributed by atoms with Crippen molar-refractivity contribution in [1.82, 2.24) is 24.8 Å². The van der Waals surface area contributed by atoms with E-state index >= 15 is 0 Å². The fourth-order valence-electron chi connectivity index (χ4n) is 3.95. The SMILES string of the molecule is CCNC(=O)c1ccc(C)c(Nc2ncnn3cc(C(=O)N(C(=O)OCOC(=O)C(C)N)C4CC4)c(C)c23)c1. The third-order valence-electron chi connectivity index (χ3n) is 6.23. The second-order valence-corrected chi connectivity index (χ2v) is 9.27. The molecule has 4 N–H and O–H groups in total. The molecule has 1 fully saturated rings. The second-order valence-electron chi connectivity index (χ2n) is 9.27. The minimum atomic E-state index is -0.920. The van der Waals surface area contributed by atoms with Gasteiger partial charge in [-0.15, -0.1) is 0 Å². The van der Waals surface area contributed by atoms with Gasteiger partial charge in [0.2, 0.25) is 6.79 Å². The number of carbonyl (C=O) groups is 4. The molecule has 0 aliphatic heterocycles. The number of imide groups is 1. The third-order valence-corrected chi connectivity index (χ3v) is 6.23. The van der Waals surface area contributed by atoms with Crippen molar-refractivity contribution < 1.29 is 28.7 Å². The van der Waals surface area contributed by atoms with E-state index in [9.17, 15) is 19.2 Å². The monoisotopic (exact) mass is 537 g/mol. The number of hydrogen-bond acceptors (Lipinski definition) is 10. The second kappa shape index (κ2) is 11.5. The average Bonchev–Trinajstić information content (AvgIpc) is 3.67. The van der Waals surface area contributed by atoms with Crippen LogP contribution in [0.1, 0.15) is 58.5 Å². The number of nitrogens with two attached hydrogens (primary N) is 1. The minimum absolute atomic E-state index is 0.195. The summed E-state index contributed by atoms with van der Waals surface area (Å²) < 4.78 is 11.3. The predicted molar refractivity (Wildman–Crippen MR) is 140 cm³/mol. The number of esters is 1. The zero-order chi connectivity index (χ0) is 28.3. The lowest BCUT2D eigenvalue weighted by Gasteiger charge is -2.20. The van der Waals surface area contributed by atoms with E-state index in [1.165, 1.54) is 24.0 Å². The van der Waals surface area contributed by atoms with Crippen molar-refractivity contribution >= 4 is 40.9 Å². The van der Waals surface area contributed by atoms with Gasteiger partial charge in [-0.2, -0.15) is 5.10 Å². The maximum atomic E-state index is 13.5. The average molecular weight is 538 g/mol. The number of ether oxygens (including phenoxy) is 2. The van der Waals surface area contributed by atoms with Crippen molar-refractivity contribution in [3.8, 4) is 0 Å². The molecule has 1 aliphatic rings. The van der Waals surface area contributed by atoms with Crippen LogP contribution in [-0.4, -0.2) is 68.8 Å². The Bertz CT molecular complexity index is 1430. The Hall–Kier alpha value is -4.52. The Labute approximate surface area is 224 Å². The van der Waals surface area contributed by atoms with Crippen LogP contribution in [0.5, 0.6) is 0 Å². The number of carbonyl (C=O) groups excluding carboxylic acids is 4. The summed E-state index contributed by atoms with van der Waals surface area (Å²) >= 11 is 0. The van der Waals surface area contributed by atoms with Crippen LogP contribution in [0.15, 0.2) is 30.7 Å². The predicted octanol–water partition coefficient (Wildman–Crippen LogP) is 2.43. The fraction of sp³-hybridized carbons (Fsp3) is 0.385. The Morgan fingerprint density at radius 2 is 1.95 bits per heavy atom. The first kappa shape index (κ1) is 27.5.